The number of anilines is 2. The summed E-state index contributed by atoms with van der Waals surface area (Å²) in [5.74, 6) is 3.82. The maximum atomic E-state index is 15.2. The summed E-state index contributed by atoms with van der Waals surface area (Å²) in [7, 11) is 1.52. The molecule has 0 radical (unpaired) electrons. The quantitative estimate of drug-likeness (QED) is 0.0712. The van der Waals surface area contributed by atoms with Gasteiger partial charge in [-0.05, 0) is 62.5 Å². The lowest BCUT2D eigenvalue weighted by molar-refractivity contribution is -0.128. The largest absolute Gasteiger partial charge is 0.394 e. The van der Waals surface area contributed by atoms with E-state index in [2.05, 4.69) is 57.0 Å². The molecule has 24 heteroatoms. The van der Waals surface area contributed by atoms with Crippen LogP contribution in [0.1, 0.15) is 106 Å². The van der Waals surface area contributed by atoms with Crippen LogP contribution < -0.4 is 22.9 Å². The number of hydrogen-bond acceptors (Lipinski definition) is 12. The lowest BCUT2D eigenvalue weighted by Gasteiger charge is -2.22. The third kappa shape index (κ3) is 9.10. The summed E-state index contributed by atoms with van der Waals surface area (Å²) >= 11 is 0. The van der Waals surface area contributed by atoms with E-state index in [1.54, 1.807) is 14.0 Å². The second-order valence-electron chi connectivity index (χ2n) is 18.0. The normalized spacial score (nSPS) is 19.3. The van der Waals surface area contributed by atoms with Crippen molar-refractivity contribution in [3.8, 4) is 23.7 Å². The highest BCUT2D eigenvalue weighted by atomic mass is 19.1. The summed E-state index contributed by atoms with van der Waals surface area (Å²) in [5.41, 5.74) is 22.5. The number of aliphatic hydroxyl groups excluding tert-OH is 1. The van der Waals surface area contributed by atoms with Gasteiger partial charge >= 0.3 is 0 Å². The Hall–Kier alpha value is -8.48. The van der Waals surface area contributed by atoms with E-state index in [4.69, 9.17) is 27.7 Å². The van der Waals surface area contributed by atoms with E-state index < -0.39 is 64.3 Å². The summed E-state index contributed by atoms with van der Waals surface area (Å²) in [5, 5.41) is 18.3. The number of likely N-dealkylation sites (tertiary alicyclic amines) is 2. The standard InChI is InChI=1S/C25H25F2N7O3.C24H23F2N7O3/c1-3-20(35)32-10-14(8-15(32)11-37-2)34-24(28)21(25(29)36)18(31-34)7-6-16-17(26)9-19-23(22(16)27)30-12-33(19)13-4-5-13;1-2-19(35)31-9-13(7-14(31)10-34)33-23(27)20(24(28)36)17(30-33)6-5-15-16(25)8-18-22(21(15)26)29-11-32(18)12-3-4-12/h3,9,12-15H,1,4-5,8,10-11,28H2,2H3,(H2,29,36);2,8,11-14,34H,1,3-4,7,9-10,27H2,(H2,28,36)/t14-,15+;13-,14+/m00/s1. The van der Waals surface area contributed by atoms with Gasteiger partial charge in [-0.3, -0.25) is 19.2 Å². The number of carbonyl (C=O) groups is 4. The van der Waals surface area contributed by atoms with Crippen molar-refractivity contribution in [2.75, 3.05) is 44.9 Å². The molecule has 378 valence electrons. The van der Waals surface area contributed by atoms with E-state index >= 15 is 8.78 Å². The van der Waals surface area contributed by atoms with Crippen LogP contribution in [0.25, 0.3) is 22.1 Å². The van der Waals surface area contributed by atoms with Gasteiger partial charge in [-0.25, -0.2) is 36.9 Å². The van der Waals surface area contributed by atoms with Crippen molar-refractivity contribution < 1.29 is 46.6 Å². The summed E-state index contributed by atoms with van der Waals surface area (Å²) in [6.07, 6.45) is 9.78. The van der Waals surface area contributed by atoms with Crippen LogP contribution in [0, 0.1) is 47.0 Å². The van der Waals surface area contributed by atoms with Crippen molar-refractivity contribution in [3.05, 3.63) is 107 Å². The summed E-state index contributed by atoms with van der Waals surface area (Å²) in [6, 6.07) is 1.12. The van der Waals surface area contributed by atoms with E-state index in [1.807, 2.05) is 0 Å². The number of amides is 4. The molecule has 6 aromatic rings. The van der Waals surface area contributed by atoms with Crippen LogP contribution in [0.5, 0.6) is 0 Å². The van der Waals surface area contributed by atoms with Gasteiger partial charge in [-0.1, -0.05) is 25.0 Å². The number of imidazole rings is 2. The van der Waals surface area contributed by atoms with Gasteiger partial charge in [0.25, 0.3) is 11.8 Å². The first-order valence-corrected chi connectivity index (χ1v) is 23.0. The fourth-order valence-electron chi connectivity index (χ4n) is 9.50. The average Bonchev–Trinajstić information content (AvgIpc) is 4.04. The van der Waals surface area contributed by atoms with Crippen molar-refractivity contribution in [2.24, 2.45) is 11.5 Å². The topological polar surface area (TPSA) is 280 Å². The van der Waals surface area contributed by atoms with Gasteiger partial charge in [0.2, 0.25) is 11.8 Å². The molecule has 20 nitrogen and oxygen atoms in total. The molecule has 2 aromatic carbocycles. The van der Waals surface area contributed by atoms with Crippen LogP contribution in [-0.4, -0.2) is 123 Å². The highest BCUT2D eigenvalue weighted by Crippen LogP contribution is 2.40. The molecule has 4 aromatic heterocycles. The smallest absolute Gasteiger partial charge is 0.255 e. The van der Waals surface area contributed by atoms with Crippen molar-refractivity contribution in [1.82, 2.24) is 48.5 Å². The van der Waals surface area contributed by atoms with Crippen molar-refractivity contribution in [3.63, 3.8) is 0 Å². The molecule has 10 rings (SSSR count). The number of aliphatic hydroxyl groups is 1. The van der Waals surface area contributed by atoms with Gasteiger partial charge in [0, 0.05) is 44.4 Å². The maximum absolute atomic E-state index is 15.2. The second kappa shape index (κ2) is 19.6. The Balaban J connectivity index is 0.000000180. The van der Waals surface area contributed by atoms with E-state index in [-0.39, 0.29) is 101 Å². The second-order valence-corrected chi connectivity index (χ2v) is 18.0. The van der Waals surface area contributed by atoms with E-state index in [1.165, 1.54) is 52.2 Å². The SMILES string of the molecule is C=CC(=O)N1C[C@@H](n2nc(C#Cc3c(F)cc4c(ncn4C4CC4)c3F)c(C(N)=O)c2N)C[C@@H]1CO.C=CC(=O)N1C[C@@H](n2nc(C#Cc3c(F)cc4c(ncn4C4CC4)c3F)c(C(N)=O)c2N)C[C@@H]1COC. The van der Waals surface area contributed by atoms with Gasteiger partial charge < -0.3 is 51.7 Å². The van der Waals surface area contributed by atoms with Crippen LogP contribution in [0.15, 0.2) is 50.1 Å². The third-order valence-corrected chi connectivity index (χ3v) is 13.4. The maximum Gasteiger partial charge on any atom is 0.255 e. The number of halogens is 4. The van der Waals surface area contributed by atoms with E-state index in [9.17, 15) is 33.1 Å². The number of methoxy groups -OCH3 is 1. The minimum absolute atomic E-state index is 0.000691. The molecule has 4 aliphatic rings. The zero-order valence-corrected chi connectivity index (χ0v) is 39.2. The van der Waals surface area contributed by atoms with Crippen LogP contribution in [-0.2, 0) is 14.3 Å². The van der Waals surface area contributed by atoms with Gasteiger partial charge in [0.15, 0.2) is 23.0 Å². The molecule has 2 aliphatic carbocycles. The molecule has 0 bridgehead atoms. The van der Waals surface area contributed by atoms with Crippen molar-refractivity contribution >= 4 is 57.3 Å². The van der Waals surface area contributed by atoms with Crippen molar-refractivity contribution in [2.45, 2.75) is 74.8 Å². The molecule has 9 N–H and O–H groups in total. The molecule has 4 atom stereocenters. The minimum Gasteiger partial charge on any atom is -0.394 e. The predicted octanol–water partition coefficient (Wildman–Crippen LogP) is 3.15. The first kappa shape index (κ1) is 49.5. The summed E-state index contributed by atoms with van der Waals surface area (Å²) < 4.78 is 71.4. The van der Waals surface area contributed by atoms with Gasteiger partial charge in [0.05, 0.1) is 72.2 Å². The van der Waals surface area contributed by atoms with Crippen LogP contribution in [0.4, 0.5) is 29.2 Å². The highest BCUT2D eigenvalue weighted by molar-refractivity contribution is 6.00. The minimum atomic E-state index is -0.918. The molecule has 4 fully saturated rings. The van der Waals surface area contributed by atoms with Crippen molar-refractivity contribution in [1.29, 1.82) is 0 Å². The van der Waals surface area contributed by atoms with Gasteiger partial charge in [0.1, 0.15) is 45.4 Å². The third-order valence-electron chi connectivity index (χ3n) is 13.4. The molecule has 6 heterocycles. The molecular weight excluding hydrogens is 957 g/mol. The lowest BCUT2D eigenvalue weighted by atomic mass is 10.1. The number of aromatic nitrogens is 8. The first-order valence-electron chi connectivity index (χ1n) is 23.0. The first-order chi connectivity index (χ1) is 35.0. The Morgan fingerprint density at radius 3 is 1.48 bits per heavy atom. The lowest BCUT2D eigenvalue weighted by Crippen LogP contribution is -2.37. The number of nitrogen functional groups attached to an aromatic ring is 2. The zero-order chi connectivity index (χ0) is 52.2. The molecule has 2 aliphatic heterocycles. The molecule has 2 saturated carbocycles. The van der Waals surface area contributed by atoms with Crippen LogP contribution in [0.3, 0.4) is 0 Å². The summed E-state index contributed by atoms with van der Waals surface area (Å²) in [6.45, 7) is 7.37. The molecule has 2 saturated heterocycles. The monoisotopic (exact) mass is 1000 g/mol. The van der Waals surface area contributed by atoms with Gasteiger partial charge in [-0.15, -0.1) is 0 Å². The fraction of sp³-hybridized carbons (Fsp3) is 0.347. The number of hydrogen-bond donors (Lipinski definition) is 5. The number of benzene rings is 2. The predicted molar refractivity (Wildman–Crippen MR) is 256 cm³/mol. The number of nitrogens with zero attached hydrogens (tertiary/aromatic N) is 10. The van der Waals surface area contributed by atoms with E-state index in [0.29, 0.717) is 23.9 Å². The highest BCUT2D eigenvalue weighted by Gasteiger charge is 2.39. The summed E-state index contributed by atoms with van der Waals surface area (Å²) in [4.78, 5) is 60.0. The Labute approximate surface area is 413 Å². The van der Waals surface area contributed by atoms with Gasteiger partial charge in [-0.2, -0.15) is 10.2 Å². The molecule has 0 spiro atoms. The Kier molecular flexibility index (Phi) is 13.3. The average molecular weight is 1010 g/mol. The molecule has 4 amide bonds. The zero-order valence-electron chi connectivity index (χ0n) is 39.2. The number of primary amides is 2. The Bertz CT molecular complexity index is 3420. The Morgan fingerprint density at radius 2 is 1.11 bits per heavy atom. The molecule has 0 unspecified atom stereocenters. The fourth-order valence-corrected chi connectivity index (χ4v) is 9.50. The van der Waals surface area contributed by atoms with E-state index in [0.717, 1.165) is 31.8 Å². The van der Waals surface area contributed by atoms with Crippen LogP contribution >= 0.6 is 0 Å². The number of carbonyl (C=O) groups excluding carboxylic acids is 4. The number of fused-ring (bicyclic) bond motifs is 2. The number of rotatable bonds is 11. The Morgan fingerprint density at radius 1 is 0.699 bits per heavy atom. The number of nitrogens with two attached hydrogens (primary N) is 4. The molecular formula is C49H48F4N14O6. The van der Waals surface area contributed by atoms with Crippen LogP contribution in [0.2, 0.25) is 0 Å². The molecule has 73 heavy (non-hydrogen) atoms. The number of ether oxygens (including phenoxy) is 1.